The van der Waals surface area contributed by atoms with E-state index in [9.17, 15) is 0 Å². The lowest BCUT2D eigenvalue weighted by molar-refractivity contribution is 1.64. The Bertz CT molecular complexity index is 1120. The van der Waals surface area contributed by atoms with Gasteiger partial charge in [-0.15, -0.1) is 22.7 Å². The van der Waals surface area contributed by atoms with Crippen LogP contribution in [0.3, 0.4) is 0 Å². The second-order valence-corrected chi connectivity index (χ2v) is 8.67. The van der Waals surface area contributed by atoms with Crippen LogP contribution in [-0.2, 0) is 0 Å². The first-order valence-corrected chi connectivity index (χ1v) is 10.00. The van der Waals surface area contributed by atoms with Gasteiger partial charge >= 0.3 is 0 Å². The van der Waals surface area contributed by atoms with Crippen LogP contribution < -0.4 is 0 Å². The number of rotatable bonds is 0. The maximum Gasteiger partial charge on any atom is 0.0775 e. The summed E-state index contributed by atoms with van der Waals surface area (Å²) in [5.74, 6) is 13.0. The molecule has 0 saturated heterocycles. The first kappa shape index (κ1) is 16.7. The van der Waals surface area contributed by atoms with Gasteiger partial charge in [-0.05, 0) is 73.2 Å². The molecule has 124 valence electrons. The smallest absolute Gasteiger partial charge is 0.0775 e. The molecule has 0 bridgehead atoms. The quantitative estimate of drug-likeness (QED) is 0.316. The first-order valence-electron chi connectivity index (χ1n) is 8.36. The molecule has 2 heteroatoms. The van der Waals surface area contributed by atoms with Gasteiger partial charge in [-0.1, -0.05) is 35.8 Å². The van der Waals surface area contributed by atoms with Crippen molar-refractivity contribution in [3.8, 4) is 23.7 Å². The Labute approximate surface area is 162 Å². The zero-order valence-electron chi connectivity index (χ0n) is 14.6. The lowest BCUT2D eigenvalue weighted by atomic mass is 10.0. The van der Waals surface area contributed by atoms with Crippen molar-refractivity contribution >= 4 is 33.4 Å². The lowest BCUT2D eigenvalue weighted by Gasteiger charge is -1.99. The van der Waals surface area contributed by atoms with E-state index in [2.05, 4.69) is 98.2 Å². The van der Waals surface area contributed by atoms with Crippen molar-refractivity contribution in [3.63, 3.8) is 0 Å². The highest BCUT2D eigenvalue weighted by atomic mass is 32.1. The number of benzene rings is 2. The SMILES string of the molecule is Cc1ccc(C#Cc2ccc3cc(C#Cc4ccc(C)s4)ccc3c2)s1. The largest absolute Gasteiger partial charge is 0.132 e. The molecule has 0 saturated carbocycles. The van der Waals surface area contributed by atoms with Gasteiger partial charge in [0, 0.05) is 20.9 Å². The van der Waals surface area contributed by atoms with Crippen LogP contribution in [0.15, 0.2) is 60.7 Å². The predicted molar refractivity (Wildman–Crippen MR) is 114 cm³/mol. The average molecular weight is 369 g/mol. The van der Waals surface area contributed by atoms with Gasteiger partial charge in [-0.2, -0.15) is 0 Å². The number of fused-ring (bicyclic) bond motifs is 1. The fourth-order valence-corrected chi connectivity index (χ4v) is 4.11. The molecule has 2 heterocycles. The number of hydrogen-bond acceptors (Lipinski definition) is 2. The van der Waals surface area contributed by atoms with Gasteiger partial charge in [0.15, 0.2) is 0 Å². The summed E-state index contributed by atoms with van der Waals surface area (Å²) in [6.07, 6.45) is 0. The van der Waals surface area contributed by atoms with Crippen LogP contribution in [0.4, 0.5) is 0 Å². The molecule has 0 aliphatic heterocycles. The third kappa shape index (κ3) is 3.89. The van der Waals surface area contributed by atoms with Crippen molar-refractivity contribution in [2.24, 2.45) is 0 Å². The van der Waals surface area contributed by atoms with Gasteiger partial charge in [0.1, 0.15) is 0 Å². The number of aryl methyl sites for hydroxylation is 2. The van der Waals surface area contributed by atoms with Gasteiger partial charge in [0.2, 0.25) is 0 Å². The van der Waals surface area contributed by atoms with Crippen LogP contribution in [-0.4, -0.2) is 0 Å². The highest BCUT2D eigenvalue weighted by Gasteiger charge is 1.98. The maximum atomic E-state index is 3.26. The van der Waals surface area contributed by atoms with E-state index in [1.54, 1.807) is 22.7 Å². The van der Waals surface area contributed by atoms with Gasteiger partial charge in [-0.25, -0.2) is 0 Å². The summed E-state index contributed by atoms with van der Waals surface area (Å²) in [6.45, 7) is 4.21. The van der Waals surface area contributed by atoms with Crippen molar-refractivity contribution in [2.75, 3.05) is 0 Å². The molecule has 2 aromatic carbocycles. The molecule has 0 aliphatic rings. The second-order valence-electron chi connectivity index (χ2n) is 6.10. The van der Waals surface area contributed by atoms with E-state index in [0.29, 0.717) is 0 Å². The van der Waals surface area contributed by atoms with Crippen LogP contribution in [0.5, 0.6) is 0 Å². The van der Waals surface area contributed by atoms with Crippen molar-refractivity contribution < 1.29 is 0 Å². The Morgan fingerprint density at radius 3 is 1.38 bits per heavy atom. The summed E-state index contributed by atoms with van der Waals surface area (Å²) in [7, 11) is 0. The molecule has 0 atom stereocenters. The van der Waals surface area contributed by atoms with E-state index in [0.717, 1.165) is 20.9 Å². The van der Waals surface area contributed by atoms with Crippen molar-refractivity contribution in [1.82, 2.24) is 0 Å². The molecule has 4 rings (SSSR count). The molecule has 0 nitrogen and oxygen atoms in total. The molecule has 26 heavy (non-hydrogen) atoms. The molecule has 0 N–H and O–H groups in total. The molecule has 0 aliphatic carbocycles. The Balaban J connectivity index is 1.60. The maximum absolute atomic E-state index is 3.26. The molecule has 0 fully saturated rings. The topological polar surface area (TPSA) is 0 Å². The van der Waals surface area contributed by atoms with Crippen molar-refractivity contribution in [3.05, 3.63) is 91.3 Å². The second kappa shape index (κ2) is 7.22. The van der Waals surface area contributed by atoms with E-state index in [-0.39, 0.29) is 0 Å². The van der Waals surface area contributed by atoms with Gasteiger partial charge < -0.3 is 0 Å². The number of thiophene rings is 2. The fourth-order valence-electron chi connectivity index (χ4n) is 2.67. The predicted octanol–water partition coefficient (Wildman–Crippen LogP) is 6.38. The normalized spacial score (nSPS) is 10.1. The molecular weight excluding hydrogens is 352 g/mol. The summed E-state index contributed by atoms with van der Waals surface area (Å²) in [4.78, 5) is 4.80. The number of hydrogen-bond donors (Lipinski definition) is 0. The third-order valence-corrected chi connectivity index (χ3v) is 5.81. The standard InChI is InChI=1S/C24H16S2/c1-17-3-11-23(25-17)13-7-19-5-9-22-16-20(6-10-21(22)15-19)8-14-24-12-4-18(2)26-24/h3-6,9-12,15-16H,1-2H3. The summed E-state index contributed by atoms with van der Waals surface area (Å²) in [5, 5.41) is 2.38. The Hall–Kier alpha value is -2.78. The van der Waals surface area contributed by atoms with Crippen molar-refractivity contribution in [1.29, 1.82) is 0 Å². The molecule has 0 unspecified atom stereocenters. The van der Waals surface area contributed by atoms with Crippen LogP contribution in [0.1, 0.15) is 30.6 Å². The van der Waals surface area contributed by atoms with E-state index in [1.807, 2.05) is 0 Å². The average Bonchev–Trinajstić information content (AvgIpc) is 3.26. The summed E-state index contributed by atoms with van der Waals surface area (Å²) in [6, 6.07) is 21.1. The van der Waals surface area contributed by atoms with Crippen LogP contribution in [0, 0.1) is 37.5 Å². The van der Waals surface area contributed by atoms with Gasteiger partial charge in [0.05, 0.1) is 9.75 Å². The minimum Gasteiger partial charge on any atom is -0.132 e. The highest BCUT2D eigenvalue weighted by Crippen LogP contribution is 2.19. The van der Waals surface area contributed by atoms with E-state index in [1.165, 1.54) is 20.5 Å². The Morgan fingerprint density at radius 1 is 0.538 bits per heavy atom. The van der Waals surface area contributed by atoms with E-state index >= 15 is 0 Å². The molecular formula is C24H16S2. The molecule has 0 amide bonds. The highest BCUT2D eigenvalue weighted by molar-refractivity contribution is 7.12. The van der Waals surface area contributed by atoms with Gasteiger partial charge in [0.25, 0.3) is 0 Å². The minimum absolute atomic E-state index is 1.04. The minimum atomic E-state index is 1.04. The Kier molecular flexibility index (Phi) is 4.63. The summed E-state index contributed by atoms with van der Waals surface area (Å²) >= 11 is 3.46. The lowest BCUT2D eigenvalue weighted by Crippen LogP contribution is -1.80. The van der Waals surface area contributed by atoms with E-state index in [4.69, 9.17) is 0 Å². The molecule has 2 aromatic heterocycles. The van der Waals surface area contributed by atoms with Gasteiger partial charge in [-0.3, -0.25) is 0 Å². The van der Waals surface area contributed by atoms with Crippen LogP contribution >= 0.6 is 22.7 Å². The third-order valence-electron chi connectivity index (χ3n) is 3.98. The Morgan fingerprint density at radius 2 is 1.00 bits per heavy atom. The molecule has 0 spiro atoms. The van der Waals surface area contributed by atoms with Crippen LogP contribution in [0.25, 0.3) is 10.8 Å². The monoisotopic (exact) mass is 368 g/mol. The fraction of sp³-hybridized carbons (Fsp3) is 0.0833. The zero-order valence-corrected chi connectivity index (χ0v) is 16.2. The van der Waals surface area contributed by atoms with Crippen LogP contribution in [0.2, 0.25) is 0 Å². The molecule has 0 radical (unpaired) electrons. The zero-order chi connectivity index (χ0) is 17.9. The van der Waals surface area contributed by atoms with Crippen molar-refractivity contribution in [2.45, 2.75) is 13.8 Å². The molecule has 4 aromatic rings. The first-order chi connectivity index (χ1) is 12.7. The van der Waals surface area contributed by atoms with E-state index < -0.39 is 0 Å². The summed E-state index contributed by atoms with van der Waals surface area (Å²) < 4.78 is 0. The summed E-state index contributed by atoms with van der Waals surface area (Å²) in [5.41, 5.74) is 2.08.